The molecule has 0 bridgehead atoms. The van der Waals surface area contributed by atoms with E-state index >= 15 is 0 Å². The number of piperidine rings is 1. The highest BCUT2D eigenvalue weighted by molar-refractivity contribution is 5.23. The molecule has 1 heterocycles. The van der Waals surface area contributed by atoms with Crippen LogP contribution in [0.25, 0.3) is 0 Å². The van der Waals surface area contributed by atoms with Crippen LogP contribution in [-0.4, -0.2) is 24.2 Å². The average molecular weight is 220 g/mol. The summed E-state index contributed by atoms with van der Waals surface area (Å²) < 4.78 is 0. The van der Waals surface area contributed by atoms with E-state index in [0.29, 0.717) is 12.1 Å². The SMILES string of the molecule is C[C@H]1CC(O)(c2ccccc2)C[C@H](C)[NH+]1C. The van der Waals surface area contributed by atoms with Gasteiger partial charge in [-0.1, -0.05) is 30.3 Å². The summed E-state index contributed by atoms with van der Waals surface area (Å²) in [4.78, 5) is 1.53. The predicted molar refractivity (Wildman–Crippen MR) is 65.4 cm³/mol. The lowest BCUT2D eigenvalue weighted by Crippen LogP contribution is -3.17. The lowest BCUT2D eigenvalue weighted by atomic mass is 9.78. The molecule has 1 aromatic rings. The summed E-state index contributed by atoms with van der Waals surface area (Å²) in [6, 6.07) is 11.1. The fraction of sp³-hybridized carbons (Fsp3) is 0.571. The Morgan fingerprint density at radius 1 is 1.12 bits per heavy atom. The molecule has 0 spiro atoms. The second-order valence-electron chi connectivity index (χ2n) is 5.35. The van der Waals surface area contributed by atoms with Crippen molar-refractivity contribution in [1.82, 2.24) is 0 Å². The molecule has 1 aliphatic rings. The van der Waals surface area contributed by atoms with Crippen LogP contribution < -0.4 is 4.90 Å². The van der Waals surface area contributed by atoms with E-state index in [2.05, 4.69) is 20.9 Å². The van der Waals surface area contributed by atoms with Gasteiger partial charge in [0.15, 0.2) is 0 Å². The van der Waals surface area contributed by atoms with Gasteiger partial charge in [-0.25, -0.2) is 0 Å². The number of likely N-dealkylation sites (tertiary alicyclic amines) is 1. The van der Waals surface area contributed by atoms with Gasteiger partial charge in [0.25, 0.3) is 0 Å². The molecule has 1 aromatic carbocycles. The first kappa shape index (κ1) is 11.6. The van der Waals surface area contributed by atoms with Crippen LogP contribution >= 0.6 is 0 Å². The summed E-state index contributed by atoms with van der Waals surface area (Å²) >= 11 is 0. The maximum Gasteiger partial charge on any atom is 0.101 e. The van der Waals surface area contributed by atoms with Crippen LogP contribution in [0.4, 0.5) is 0 Å². The molecule has 0 unspecified atom stereocenters. The molecule has 1 fully saturated rings. The molecule has 0 radical (unpaired) electrons. The lowest BCUT2D eigenvalue weighted by Gasteiger charge is -2.42. The minimum Gasteiger partial charge on any atom is -0.385 e. The van der Waals surface area contributed by atoms with Crippen molar-refractivity contribution in [3.63, 3.8) is 0 Å². The molecule has 1 aliphatic heterocycles. The molecule has 0 aromatic heterocycles. The Hall–Kier alpha value is -0.860. The summed E-state index contributed by atoms with van der Waals surface area (Å²) in [6.45, 7) is 4.44. The van der Waals surface area contributed by atoms with Crippen LogP contribution in [0.15, 0.2) is 30.3 Å². The van der Waals surface area contributed by atoms with E-state index in [0.717, 1.165) is 18.4 Å². The molecule has 0 saturated carbocycles. The summed E-state index contributed by atoms with van der Waals surface area (Å²) in [5, 5.41) is 10.8. The van der Waals surface area contributed by atoms with Gasteiger partial charge in [-0.2, -0.15) is 0 Å². The van der Waals surface area contributed by atoms with Crippen LogP contribution in [0.1, 0.15) is 32.3 Å². The highest BCUT2D eigenvalue weighted by Crippen LogP contribution is 2.32. The third-order valence-corrected chi connectivity index (χ3v) is 4.15. The minimum atomic E-state index is -0.625. The van der Waals surface area contributed by atoms with E-state index in [-0.39, 0.29) is 0 Å². The zero-order valence-corrected chi connectivity index (χ0v) is 10.4. The summed E-state index contributed by atoms with van der Waals surface area (Å²) in [5.74, 6) is 0. The van der Waals surface area contributed by atoms with E-state index < -0.39 is 5.60 Å². The Morgan fingerprint density at radius 2 is 1.62 bits per heavy atom. The zero-order valence-electron chi connectivity index (χ0n) is 10.4. The topological polar surface area (TPSA) is 24.7 Å². The number of hydrogen-bond acceptors (Lipinski definition) is 1. The normalized spacial score (nSPS) is 39.6. The third-order valence-electron chi connectivity index (χ3n) is 4.15. The van der Waals surface area contributed by atoms with E-state index in [1.165, 1.54) is 4.90 Å². The van der Waals surface area contributed by atoms with Crippen LogP contribution in [0.2, 0.25) is 0 Å². The fourth-order valence-corrected chi connectivity index (χ4v) is 2.89. The van der Waals surface area contributed by atoms with E-state index in [1.807, 2.05) is 30.3 Å². The lowest BCUT2D eigenvalue weighted by molar-refractivity contribution is -0.936. The number of nitrogens with one attached hydrogen (secondary N) is 1. The Labute approximate surface area is 97.9 Å². The molecule has 0 aliphatic carbocycles. The Bertz CT molecular complexity index is 337. The Balaban J connectivity index is 2.27. The van der Waals surface area contributed by atoms with Crippen molar-refractivity contribution < 1.29 is 10.0 Å². The molecule has 2 rings (SSSR count). The molecular weight excluding hydrogens is 198 g/mol. The van der Waals surface area contributed by atoms with Crippen LogP contribution in [-0.2, 0) is 5.60 Å². The molecule has 2 N–H and O–H groups in total. The third kappa shape index (κ3) is 2.00. The van der Waals surface area contributed by atoms with Gasteiger partial charge in [-0.3, -0.25) is 0 Å². The van der Waals surface area contributed by atoms with Crippen molar-refractivity contribution in [3.8, 4) is 0 Å². The second kappa shape index (κ2) is 4.19. The first-order valence-electron chi connectivity index (χ1n) is 6.14. The maximum atomic E-state index is 10.8. The van der Waals surface area contributed by atoms with Crippen molar-refractivity contribution in [2.75, 3.05) is 7.05 Å². The van der Waals surface area contributed by atoms with Gasteiger partial charge in [-0.15, -0.1) is 0 Å². The Kier molecular flexibility index (Phi) is 3.04. The van der Waals surface area contributed by atoms with Crippen molar-refractivity contribution in [3.05, 3.63) is 35.9 Å². The second-order valence-corrected chi connectivity index (χ2v) is 5.35. The summed E-state index contributed by atoms with van der Waals surface area (Å²) in [6.07, 6.45) is 1.71. The van der Waals surface area contributed by atoms with Gasteiger partial charge in [0.05, 0.1) is 19.1 Å². The van der Waals surface area contributed by atoms with Gasteiger partial charge < -0.3 is 10.0 Å². The highest BCUT2D eigenvalue weighted by Gasteiger charge is 2.42. The van der Waals surface area contributed by atoms with E-state index in [4.69, 9.17) is 0 Å². The van der Waals surface area contributed by atoms with Crippen LogP contribution in [0, 0.1) is 0 Å². The maximum absolute atomic E-state index is 10.8. The first-order chi connectivity index (χ1) is 7.53. The van der Waals surface area contributed by atoms with E-state index in [9.17, 15) is 5.11 Å². The first-order valence-corrected chi connectivity index (χ1v) is 6.14. The van der Waals surface area contributed by atoms with Gasteiger partial charge in [-0.05, 0) is 19.4 Å². The Morgan fingerprint density at radius 3 is 2.12 bits per heavy atom. The zero-order chi connectivity index (χ0) is 11.8. The number of aliphatic hydroxyl groups is 1. The standard InChI is InChI=1S/C14H21NO/c1-11-9-14(16,10-12(2)15(11)3)13-7-5-4-6-8-13/h4-8,11-12,16H,9-10H2,1-3H3/p+1/t11-,12-/m0/s1. The quantitative estimate of drug-likeness (QED) is 0.724. The van der Waals surface area contributed by atoms with Crippen LogP contribution in [0.3, 0.4) is 0 Å². The molecule has 2 nitrogen and oxygen atoms in total. The fourth-order valence-electron chi connectivity index (χ4n) is 2.89. The van der Waals surface area contributed by atoms with Crippen molar-refractivity contribution in [1.29, 1.82) is 0 Å². The van der Waals surface area contributed by atoms with Crippen molar-refractivity contribution in [2.24, 2.45) is 0 Å². The number of hydrogen-bond donors (Lipinski definition) is 2. The van der Waals surface area contributed by atoms with E-state index in [1.54, 1.807) is 0 Å². The van der Waals surface area contributed by atoms with Gasteiger partial charge in [0.2, 0.25) is 0 Å². The van der Waals surface area contributed by atoms with Gasteiger partial charge in [0.1, 0.15) is 5.60 Å². The predicted octanol–water partition coefficient (Wildman–Crippen LogP) is 0.960. The molecule has 1 saturated heterocycles. The number of quaternary nitrogens is 1. The molecular formula is C14H22NO+. The van der Waals surface area contributed by atoms with Crippen LogP contribution in [0.5, 0.6) is 0 Å². The summed E-state index contributed by atoms with van der Waals surface area (Å²) in [5.41, 5.74) is 0.445. The number of benzene rings is 1. The summed E-state index contributed by atoms with van der Waals surface area (Å²) in [7, 11) is 2.22. The number of rotatable bonds is 1. The van der Waals surface area contributed by atoms with Crippen molar-refractivity contribution in [2.45, 2.75) is 44.4 Å². The largest absolute Gasteiger partial charge is 0.385 e. The molecule has 0 amide bonds. The molecule has 88 valence electrons. The van der Waals surface area contributed by atoms with Gasteiger partial charge in [0, 0.05) is 12.8 Å². The minimum absolute atomic E-state index is 0.508. The van der Waals surface area contributed by atoms with Gasteiger partial charge >= 0.3 is 0 Å². The van der Waals surface area contributed by atoms with Crippen molar-refractivity contribution >= 4 is 0 Å². The molecule has 16 heavy (non-hydrogen) atoms. The average Bonchev–Trinajstić information content (AvgIpc) is 2.27. The highest BCUT2D eigenvalue weighted by atomic mass is 16.3. The molecule has 2 heteroatoms. The monoisotopic (exact) mass is 220 g/mol. The smallest absolute Gasteiger partial charge is 0.101 e. The molecule has 2 atom stereocenters.